The molecule has 0 fully saturated rings. The van der Waals surface area contributed by atoms with Gasteiger partial charge in [-0.25, -0.2) is 9.97 Å². The number of benzene rings is 4. The summed E-state index contributed by atoms with van der Waals surface area (Å²) < 4.78 is 9.38. The van der Waals surface area contributed by atoms with Crippen molar-refractivity contribution in [2.45, 2.75) is 65.8 Å². The number of nitrogens with one attached hydrogen (secondary N) is 4. The molecule has 266 valence electrons. The lowest BCUT2D eigenvalue weighted by Gasteiger charge is -2.31. The van der Waals surface area contributed by atoms with Crippen LogP contribution in [0.1, 0.15) is 76.4 Å². The molecule has 0 bridgehead atoms. The Bertz CT molecular complexity index is 2250. The second-order valence-electron chi connectivity index (χ2n) is 13.1. The van der Waals surface area contributed by atoms with Crippen LogP contribution in [0.15, 0.2) is 109 Å². The molecule has 4 aromatic carbocycles. The van der Waals surface area contributed by atoms with Crippen molar-refractivity contribution < 1.29 is 4.74 Å². The lowest BCUT2D eigenvalue weighted by Crippen LogP contribution is -2.22. The number of aromatic nitrogens is 5. The molecule has 8 nitrogen and oxygen atoms in total. The first-order valence-electron chi connectivity index (χ1n) is 18.7. The monoisotopic (exact) mass is 691 g/mol. The van der Waals surface area contributed by atoms with Crippen molar-refractivity contribution in [3.63, 3.8) is 0 Å². The fourth-order valence-corrected chi connectivity index (χ4v) is 7.10. The summed E-state index contributed by atoms with van der Waals surface area (Å²) in [7, 11) is 1.99. The second kappa shape index (κ2) is 15.8. The van der Waals surface area contributed by atoms with Gasteiger partial charge in [0.05, 0.1) is 47.6 Å². The van der Waals surface area contributed by atoms with Crippen LogP contribution in [0.2, 0.25) is 0 Å². The van der Waals surface area contributed by atoms with Gasteiger partial charge in [-0.3, -0.25) is 0 Å². The van der Waals surface area contributed by atoms with E-state index in [1.54, 1.807) is 0 Å². The summed E-state index contributed by atoms with van der Waals surface area (Å²) in [6, 6.07) is 34.9. The van der Waals surface area contributed by atoms with Crippen molar-refractivity contribution in [3.05, 3.63) is 127 Å². The van der Waals surface area contributed by atoms with Crippen molar-refractivity contribution in [3.8, 4) is 50.6 Å². The summed E-state index contributed by atoms with van der Waals surface area (Å²) in [4.78, 5) is 16.5. The SMILES string of the molecule is CC.CCCNCc1ncc(-c2ccc3c(c2)cc2n3C(c3cccc(-c4ccccc4)c3)Oc3cc(-c4cnc(C(CCC)NC)[nH]4)ccc3-2)[nH]1. The third-order valence-corrected chi connectivity index (χ3v) is 9.67. The Morgan fingerprint density at radius 1 is 0.769 bits per heavy atom. The van der Waals surface area contributed by atoms with Crippen LogP contribution in [0.3, 0.4) is 0 Å². The van der Waals surface area contributed by atoms with Gasteiger partial charge >= 0.3 is 0 Å². The fourth-order valence-electron chi connectivity index (χ4n) is 7.10. The van der Waals surface area contributed by atoms with Gasteiger partial charge in [-0.1, -0.05) is 94.8 Å². The number of hydrogen-bond acceptors (Lipinski definition) is 5. The van der Waals surface area contributed by atoms with E-state index in [-0.39, 0.29) is 12.3 Å². The van der Waals surface area contributed by atoms with Crippen LogP contribution in [0, 0.1) is 0 Å². The number of fused-ring (bicyclic) bond motifs is 5. The minimum Gasteiger partial charge on any atom is -0.465 e. The Morgan fingerprint density at radius 2 is 1.54 bits per heavy atom. The van der Waals surface area contributed by atoms with E-state index in [0.29, 0.717) is 0 Å². The van der Waals surface area contributed by atoms with Crippen LogP contribution >= 0.6 is 0 Å². The molecular weight excluding hydrogens is 643 g/mol. The highest BCUT2D eigenvalue weighted by Gasteiger charge is 2.30. The predicted molar refractivity (Wildman–Crippen MR) is 213 cm³/mol. The van der Waals surface area contributed by atoms with E-state index in [4.69, 9.17) is 9.72 Å². The number of nitrogens with zero attached hydrogens (tertiary/aromatic N) is 3. The first kappa shape index (κ1) is 35.0. The van der Waals surface area contributed by atoms with Crippen molar-refractivity contribution in [2.24, 2.45) is 0 Å². The van der Waals surface area contributed by atoms with Gasteiger partial charge < -0.3 is 29.9 Å². The van der Waals surface area contributed by atoms with Gasteiger partial charge in [0, 0.05) is 27.6 Å². The Labute approximate surface area is 306 Å². The zero-order chi connectivity index (χ0) is 36.0. The van der Waals surface area contributed by atoms with Crippen LogP contribution in [0.25, 0.3) is 55.8 Å². The highest BCUT2D eigenvalue weighted by Crippen LogP contribution is 2.46. The number of hydrogen-bond donors (Lipinski definition) is 4. The Hall–Kier alpha value is -5.44. The highest BCUT2D eigenvalue weighted by molar-refractivity contribution is 5.92. The molecule has 0 spiro atoms. The largest absolute Gasteiger partial charge is 0.465 e. The van der Waals surface area contributed by atoms with E-state index >= 15 is 0 Å². The van der Waals surface area contributed by atoms with Crippen LogP contribution in [0.4, 0.5) is 0 Å². The summed E-state index contributed by atoms with van der Waals surface area (Å²) in [6.45, 7) is 10.1. The molecule has 2 atom stereocenters. The first-order valence-corrected chi connectivity index (χ1v) is 18.7. The van der Waals surface area contributed by atoms with Gasteiger partial charge in [0.25, 0.3) is 0 Å². The molecular formula is C44H49N7O. The number of ether oxygens (including phenoxy) is 1. The second-order valence-corrected chi connectivity index (χ2v) is 13.1. The van der Waals surface area contributed by atoms with Crippen LogP contribution < -0.4 is 15.4 Å². The minimum absolute atomic E-state index is 0.190. The summed E-state index contributed by atoms with van der Waals surface area (Å²) in [5.41, 5.74) is 10.9. The lowest BCUT2D eigenvalue weighted by molar-refractivity contribution is 0.173. The topological polar surface area (TPSA) is 95.6 Å². The van der Waals surface area contributed by atoms with Crippen molar-refractivity contribution in [1.82, 2.24) is 35.1 Å². The maximum Gasteiger partial charge on any atom is 0.203 e. The Kier molecular flexibility index (Phi) is 10.7. The molecule has 4 heterocycles. The molecule has 0 radical (unpaired) electrons. The average molecular weight is 692 g/mol. The van der Waals surface area contributed by atoms with Gasteiger partial charge in [-0.2, -0.15) is 0 Å². The third-order valence-electron chi connectivity index (χ3n) is 9.67. The maximum absolute atomic E-state index is 7.04. The van der Waals surface area contributed by atoms with E-state index in [0.717, 1.165) is 106 Å². The molecule has 4 N–H and O–H groups in total. The molecule has 0 saturated carbocycles. The van der Waals surface area contributed by atoms with Crippen LogP contribution in [-0.2, 0) is 6.54 Å². The number of aromatic amines is 2. The molecule has 7 aromatic rings. The predicted octanol–water partition coefficient (Wildman–Crippen LogP) is 10.3. The van der Waals surface area contributed by atoms with Gasteiger partial charge in [0.2, 0.25) is 6.23 Å². The van der Waals surface area contributed by atoms with Gasteiger partial charge in [0.1, 0.15) is 17.4 Å². The van der Waals surface area contributed by atoms with Gasteiger partial charge in [0.15, 0.2) is 0 Å². The molecule has 3 aromatic heterocycles. The molecule has 1 aliphatic heterocycles. The minimum atomic E-state index is -0.362. The van der Waals surface area contributed by atoms with Crippen LogP contribution in [-0.4, -0.2) is 38.1 Å². The smallest absolute Gasteiger partial charge is 0.203 e. The number of imidazole rings is 2. The summed E-state index contributed by atoms with van der Waals surface area (Å²) in [6.07, 6.45) is 6.69. The van der Waals surface area contributed by atoms with Gasteiger partial charge in [-0.15, -0.1) is 0 Å². The highest BCUT2D eigenvalue weighted by atomic mass is 16.5. The third kappa shape index (κ3) is 6.92. The van der Waals surface area contributed by atoms with Crippen molar-refractivity contribution in [1.29, 1.82) is 0 Å². The molecule has 0 saturated heterocycles. The summed E-state index contributed by atoms with van der Waals surface area (Å²) in [5, 5.41) is 7.97. The fraction of sp³-hybridized carbons (Fsp3) is 0.273. The lowest BCUT2D eigenvalue weighted by atomic mass is 10.0. The Balaban J connectivity index is 0.00000207. The van der Waals surface area contributed by atoms with E-state index < -0.39 is 0 Å². The van der Waals surface area contributed by atoms with Crippen molar-refractivity contribution >= 4 is 10.9 Å². The first-order chi connectivity index (χ1) is 25.6. The van der Waals surface area contributed by atoms with Crippen LogP contribution in [0.5, 0.6) is 5.75 Å². The van der Waals surface area contributed by atoms with Gasteiger partial charge in [-0.05, 0) is 74.0 Å². The van der Waals surface area contributed by atoms with E-state index in [9.17, 15) is 0 Å². The molecule has 0 amide bonds. The van der Waals surface area contributed by atoms with E-state index in [1.807, 2.05) is 33.3 Å². The number of H-pyrrole nitrogens is 2. The summed E-state index contributed by atoms with van der Waals surface area (Å²) >= 11 is 0. The normalized spacial score (nSPS) is 13.9. The summed E-state index contributed by atoms with van der Waals surface area (Å²) in [5.74, 6) is 2.74. The molecule has 0 aliphatic carbocycles. The Morgan fingerprint density at radius 3 is 2.35 bits per heavy atom. The standard InChI is InChI=1S/C42H43N7O.C2H6/c1-4-10-34(43-3)41-46-25-36(48-41)30-15-17-33-38-22-32-21-29(35-24-45-40(47-35)26-44-19-5-2)16-18-37(32)49(38)42(50-39(33)23-30)31-14-9-13-28(20-31)27-11-7-6-8-12-27;1-2/h6-9,11-18,20-25,34,42-44H,4-5,10,19,26H2,1-3H3,(H,45,47)(H,46,48);1-2H3. The maximum atomic E-state index is 7.04. The van der Waals surface area contributed by atoms with E-state index in [1.165, 1.54) is 5.56 Å². The molecule has 8 rings (SSSR count). The zero-order valence-corrected chi connectivity index (χ0v) is 30.8. The van der Waals surface area contributed by atoms with E-state index in [2.05, 4.69) is 141 Å². The molecule has 2 unspecified atom stereocenters. The number of rotatable bonds is 12. The quantitative estimate of drug-likeness (QED) is 0.0957. The molecule has 8 heteroatoms. The zero-order valence-electron chi connectivity index (χ0n) is 30.8. The molecule has 1 aliphatic rings. The van der Waals surface area contributed by atoms with Crippen molar-refractivity contribution in [2.75, 3.05) is 13.6 Å². The molecule has 52 heavy (non-hydrogen) atoms. The average Bonchev–Trinajstić information content (AvgIpc) is 3.97.